The van der Waals surface area contributed by atoms with Crippen LogP contribution in [-0.2, 0) is 17.6 Å². The molecule has 1 aliphatic rings. The van der Waals surface area contributed by atoms with E-state index in [1.54, 1.807) is 0 Å². The minimum Gasteiger partial charge on any atom is -0.337 e. The van der Waals surface area contributed by atoms with E-state index in [9.17, 15) is 4.79 Å². The molecule has 2 rings (SSSR count). The van der Waals surface area contributed by atoms with Crippen LogP contribution < -0.4 is 5.32 Å². The van der Waals surface area contributed by atoms with Crippen molar-refractivity contribution in [1.29, 1.82) is 0 Å². The van der Waals surface area contributed by atoms with Gasteiger partial charge >= 0.3 is 0 Å². The second-order valence-electron chi connectivity index (χ2n) is 5.31. The van der Waals surface area contributed by atoms with Crippen LogP contribution in [0.1, 0.15) is 31.4 Å². The number of hydrogen-bond acceptors (Lipinski definition) is 2. The third-order valence-corrected chi connectivity index (χ3v) is 3.88. The van der Waals surface area contributed by atoms with Gasteiger partial charge in [0.1, 0.15) is 0 Å². The Morgan fingerprint density at radius 2 is 2.00 bits per heavy atom. The molecule has 1 fully saturated rings. The second kappa shape index (κ2) is 6.71. The van der Waals surface area contributed by atoms with Gasteiger partial charge in [0, 0.05) is 32.1 Å². The molecule has 1 atom stereocenters. The first-order valence-electron chi connectivity index (χ1n) is 7.28. The van der Waals surface area contributed by atoms with E-state index >= 15 is 0 Å². The Labute approximate surface area is 116 Å². The van der Waals surface area contributed by atoms with Gasteiger partial charge in [-0.05, 0) is 30.9 Å². The summed E-state index contributed by atoms with van der Waals surface area (Å²) in [5.41, 5.74) is 2.61. The molecular weight excluding hydrogens is 236 g/mol. The maximum Gasteiger partial charge on any atom is 0.223 e. The van der Waals surface area contributed by atoms with Crippen LogP contribution in [0, 0.1) is 0 Å². The zero-order valence-electron chi connectivity index (χ0n) is 12.0. The van der Waals surface area contributed by atoms with Gasteiger partial charge in [0.15, 0.2) is 0 Å². The van der Waals surface area contributed by atoms with E-state index in [1.807, 2.05) is 4.90 Å². The maximum atomic E-state index is 12.2. The summed E-state index contributed by atoms with van der Waals surface area (Å²) in [6, 6.07) is 8.94. The fourth-order valence-electron chi connectivity index (χ4n) is 2.55. The summed E-state index contributed by atoms with van der Waals surface area (Å²) in [4.78, 5) is 14.2. The Balaban J connectivity index is 1.85. The number of hydrogen-bond donors (Lipinski definition) is 1. The van der Waals surface area contributed by atoms with E-state index in [0.717, 1.165) is 32.5 Å². The number of benzene rings is 1. The van der Waals surface area contributed by atoms with Crippen molar-refractivity contribution in [2.24, 2.45) is 0 Å². The van der Waals surface area contributed by atoms with Crippen LogP contribution in [0.3, 0.4) is 0 Å². The number of amides is 1. The molecule has 3 heteroatoms. The van der Waals surface area contributed by atoms with Gasteiger partial charge in [0.05, 0.1) is 0 Å². The number of rotatable bonds is 4. The van der Waals surface area contributed by atoms with Crippen molar-refractivity contribution in [3.63, 3.8) is 0 Å². The monoisotopic (exact) mass is 260 g/mol. The van der Waals surface area contributed by atoms with Gasteiger partial charge in [-0.1, -0.05) is 31.2 Å². The minimum atomic E-state index is 0.286. The van der Waals surface area contributed by atoms with E-state index < -0.39 is 0 Å². The summed E-state index contributed by atoms with van der Waals surface area (Å²) >= 11 is 0. The van der Waals surface area contributed by atoms with Gasteiger partial charge in [-0.15, -0.1) is 0 Å². The zero-order chi connectivity index (χ0) is 13.7. The molecule has 1 aromatic carbocycles. The highest BCUT2D eigenvalue weighted by molar-refractivity contribution is 5.77. The smallest absolute Gasteiger partial charge is 0.223 e. The molecule has 104 valence electrons. The largest absolute Gasteiger partial charge is 0.337 e. The second-order valence-corrected chi connectivity index (χ2v) is 5.31. The van der Waals surface area contributed by atoms with Gasteiger partial charge in [-0.2, -0.15) is 0 Å². The van der Waals surface area contributed by atoms with E-state index in [1.165, 1.54) is 11.1 Å². The summed E-state index contributed by atoms with van der Waals surface area (Å²) in [6.45, 7) is 6.94. The van der Waals surface area contributed by atoms with Crippen molar-refractivity contribution >= 4 is 5.91 Å². The van der Waals surface area contributed by atoms with Crippen LogP contribution in [-0.4, -0.2) is 36.5 Å². The number of nitrogens with one attached hydrogen (secondary N) is 1. The number of nitrogens with zero attached hydrogens (tertiary/aromatic N) is 1. The predicted molar refractivity (Wildman–Crippen MR) is 78.2 cm³/mol. The normalized spacial score (nSPS) is 19.5. The highest BCUT2D eigenvalue weighted by Crippen LogP contribution is 2.10. The molecule has 19 heavy (non-hydrogen) atoms. The molecule has 1 saturated heterocycles. The molecule has 0 aliphatic carbocycles. The first-order valence-corrected chi connectivity index (χ1v) is 7.28. The molecule has 0 saturated carbocycles. The Morgan fingerprint density at radius 1 is 1.32 bits per heavy atom. The van der Waals surface area contributed by atoms with Crippen molar-refractivity contribution in [3.8, 4) is 0 Å². The first kappa shape index (κ1) is 14.1. The fourth-order valence-corrected chi connectivity index (χ4v) is 2.55. The average molecular weight is 260 g/mol. The number of carbonyl (C=O) groups is 1. The highest BCUT2D eigenvalue weighted by atomic mass is 16.2. The van der Waals surface area contributed by atoms with E-state index in [2.05, 4.69) is 43.4 Å². The number of carbonyl (C=O) groups excluding carboxylic acids is 1. The van der Waals surface area contributed by atoms with Gasteiger partial charge < -0.3 is 10.2 Å². The van der Waals surface area contributed by atoms with Crippen LogP contribution in [0.5, 0.6) is 0 Å². The number of aryl methyl sites for hydroxylation is 2. The lowest BCUT2D eigenvalue weighted by atomic mass is 10.1. The lowest BCUT2D eigenvalue weighted by molar-refractivity contribution is -0.133. The first-order chi connectivity index (χ1) is 9.20. The van der Waals surface area contributed by atoms with Gasteiger partial charge in [-0.25, -0.2) is 0 Å². The van der Waals surface area contributed by atoms with Crippen molar-refractivity contribution < 1.29 is 4.79 Å². The van der Waals surface area contributed by atoms with Gasteiger partial charge in [0.25, 0.3) is 0 Å². The van der Waals surface area contributed by atoms with Crippen molar-refractivity contribution in [2.75, 3.05) is 19.6 Å². The molecule has 0 bridgehead atoms. The summed E-state index contributed by atoms with van der Waals surface area (Å²) in [7, 11) is 0. The summed E-state index contributed by atoms with van der Waals surface area (Å²) in [6.07, 6.45) is 2.53. The molecule has 1 amide bonds. The third kappa shape index (κ3) is 3.80. The lowest BCUT2D eigenvalue weighted by Gasteiger charge is -2.34. The average Bonchev–Trinajstić information content (AvgIpc) is 2.46. The molecule has 3 nitrogen and oxygen atoms in total. The van der Waals surface area contributed by atoms with E-state index in [0.29, 0.717) is 12.5 Å². The Hall–Kier alpha value is -1.35. The fraction of sp³-hybridized carbons (Fsp3) is 0.562. The van der Waals surface area contributed by atoms with Crippen LogP contribution in [0.25, 0.3) is 0 Å². The van der Waals surface area contributed by atoms with Crippen LogP contribution in [0.4, 0.5) is 0 Å². The molecule has 1 aromatic rings. The molecule has 0 spiro atoms. The maximum absolute atomic E-state index is 12.2. The van der Waals surface area contributed by atoms with Gasteiger partial charge in [0.2, 0.25) is 5.91 Å². The third-order valence-electron chi connectivity index (χ3n) is 3.88. The van der Waals surface area contributed by atoms with Crippen LogP contribution in [0.2, 0.25) is 0 Å². The molecule has 0 unspecified atom stereocenters. The SMILES string of the molecule is CCc1ccc(CCC(=O)N2CCNC[C@H]2C)cc1. The Kier molecular flexibility index (Phi) is 4.97. The van der Waals surface area contributed by atoms with E-state index in [4.69, 9.17) is 0 Å². The summed E-state index contributed by atoms with van der Waals surface area (Å²) < 4.78 is 0. The minimum absolute atomic E-state index is 0.286. The highest BCUT2D eigenvalue weighted by Gasteiger charge is 2.22. The zero-order valence-corrected chi connectivity index (χ0v) is 12.0. The number of piperazine rings is 1. The summed E-state index contributed by atoms with van der Waals surface area (Å²) in [5.74, 6) is 0.286. The molecule has 1 aliphatic heterocycles. The molecule has 1 heterocycles. The van der Waals surface area contributed by atoms with Crippen molar-refractivity contribution in [1.82, 2.24) is 10.2 Å². The Morgan fingerprint density at radius 3 is 2.63 bits per heavy atom. The lowest BCUT2D eigenvalue weighted by Crippen LogP contribution is -2.52. The van der Waals surface area contributed by atoms with E-state index in [-0.39, 0.29) is 5.91 Å². The van der Waals surface area contributed by atoms with Crippen LogP contribution in [0.15, 0.2) is 24.3 Å². The summed E-state index contributed by atoms with van der Waals surface area (Å²) in [5, 5.41) is 3.31. The van der Waals surface area contributed by atoms with Gasteiger partial charge in [-0.3, -0.25) is 4.79 Å². The topological polar surface area (TPSA) is 32.3 Å². The van der Waals surface area contributed by atoms with Crippen molar-refractivity contribution in [2.45, 2.75) is 39.2 Å². The predicted octanol–water partition coefficient (Wildman–Crippen LogP) is 2.00. The van der Waals surface area contributed by atoms with Crippen LogP contribution >= 0.6 is 0 Å². The standard InChI is InChI=1S/C16H24N2O/c1-3-14-4-6-15(7-5-14)8-9-16(19)18-11-10-17-12-13(18)2/h4-7,13,17H,3,8-12H2,1-2H3/t13-/m1/s1. The quantitative estimate of drug-likeness (QED) is 0.898. The van der Waals surface area contributed by atoms with Crippen molar-refractivity contribution in [3.05, 3.63) is 35.4 Å². The Bertz CT molecular complexity index is 413. The molecular formula is C16H24N2O. The molecule has 1 N–H and O–H groups in total. The molecule has 0 aromatic heterocycles. The molecule has 0 radical (unpaired) electrons.